The van der Waals surface area contributed by atoms with Crippen LogP contribution < -0.4 is 5.32 Å². The van der Waals surface area contributed by atoms with E-state index in [9.17, 15) is 4.79 Å². The van der Waals surface area contributed by atoms with Gasteiger partial charge in [0.25, 0.3) is 5.91 Å². The lowest BCUT2D eigenvalue weighted by Gasteiger charge is -2.07. The van der Waals surface area contributed by atoms with E-state index in [0.29, 0.717) is 11.6 Å². The third-order valence-corrected chi connectivity index (χ3v) is 4.26. The van der Waals surface area contributed by atoms with E-state index in [1.807, 2.05) is 55.5 Å². The summed E-state index contributed by atoms with van der Waals surface area (Å²) in [5.41, 5.74) is 2.70. The van der Waals surface area contributed by atoms with Crippen molar-refractivity contribution in [1.82, 2.24) is 10.5 Å². The van der Waals surface area contributed by atoms with Crippen molar-refractivity contribution in [2.45, 2.75) is 19.4 Å². The van der Waals surface area contributed by atoms with E-state index in [1.165, 1.54) is 0 Å². The molecule has 1 amide bonds. The molecule has 0 fully saturated rings. The first-order chi connectivity index (χ1) is 11.6. The zero-order valence-corrected chi connectivity index (χ0v) is 14.0. The van der Waals surface area contributed by atoms with Crippen LogP contribution in [0.15, 0.2) is 65.2 Å². The van der Waals surface area contributed by atoms with Crippen molar-refractivity contribution in [3.05, 3.63) is 88.3 Å². The Kier molecular flexibility index (Phi) is 4.96. The van der Waals surface area contributed by atoms with Crippen molar-refractivity contribution in [2.24, 2.45) is 0 Å². The van der Waals surface area contributed by atoms with Gasteiger partial charge in [0.15, 0.2) is 0 Å². The summed E-state index contributed by atoms with van der Waals surface area (Å²) in [5.74, 6) is -0.0613. The number of benzene rings is 2. The number of amides is 1. The highest BCUT2D eigenvalue weighted by atomic mass is 35.5. The molecule has 0 spiro atoms. The lowest BCUT2D eigenvalue weighted by Crippen LogP contribution is -2.22. The standard InChI is InChI=1S/C19H17ClN2O2/c1-13(14-7-3-2-4-8-14)17-11-18(24-22-17)19(23)21-12-15-9-5-6-10-16(15)20/h2-11,13H,12H2,1H3,(H,21,23). The third kappa shape index (κ3) is 3.66. The van der Waals surface area contributed by atoms with E-state index >= 15 is 0 Å². The van der Waals surface area contributed by atoms with Crippen LogP contribution in [0, 0.1) is 0 Å². The normalized spacial score (nSPS) is 11.9. The molecule has 1 atom stereocenters. The van der Waals surface area contributed by atoms with Crippen LogP contribution in [-0.4, -0.2) is 11.1 Å². The molecule has 2 aromatic carbocycles. The van der Waals surface area contributed by atoms with Gasteiger partial charge in [0.2, 0.25) is 5.76 Å². The van der Waals surface area contributed by atoms with Crippen LogP contribution in [0.5, 0.6) is 0 Å². The van der Waals surface area contributed by atoms with Crippen molar-refractivity contribution in [2.75, 3.05) is 0 Å². The quantitative estimate of drug-likeness (QED) is 0.748. The second-order valence-corrected chi connectivity index (χ2v) is 5.93. The van der Waals surface area contributed by atoms with Gasteiger partial charge in [-0.15, -0.1) is 0 Å². The second kappa shape index (κ2) is 7.32. The molecule has 0 saturated heterocycles. The summed E-state index contributed by atoms with van der Waals surface area (Å²) >= 11 is 6.08. The third-order valence-electron chi connectivity index (χ3n) is 3.89. The Hall–Kier alpha value is -2.59. The van der Waals surface area contributed by atoms with Gasteiger partial charge >= 0.3 is 0 Å². The monoisotopic (exact) mass is 340 g/mol. The van der Waals surface area contributed by atoms with Crippen molar-refractivity contribution in [3.63, 3.8) is 0 Å². The highest BCUT2D eigenvalue weighted by Crippen LogP contribution is 2.23. The summed E-state index contributed by atoms with van der Waals surface area (Å²) in [5, 5.41) is 7.43. The molecule has 1 N–H and O–H groups in total. The van der Waals surface area contributed by atoms with Gasteiger partial charge in [0, 0.05) is 23.6 Å². The molecule has 1 unspecified atom stereocenters. The number of nitrogens with zero attached hydrogens (tertiary/aromatic N) is 1. The zero-order chi connectivity index (χ0) is 16.9. The minimum absolute atomic E-state index is 0.0556. The highest BCUT2D eigenvalue weighted by molar-refractivity contribution is 6.31. The summed E-state index contributed by atoms with van der Waals surface area (Å²) in [6.07, 6.45) is 0. The van der Waals surface area contributed by atoms with Gasteiger partial charge in [-0.1, -0.05) is 72.2 Å². The molecular formula is C19H17ClN2O2. The molecule has 3 rings (SSSR count). The van der Waals surface area contributed by atoms with E-state index in [4.69, 9.17) is 16.1 Å². The minimum atomic E-state index is -0.311. The summed E-state index contributed by atoms with van der Waals surface area (Å²) in [4.78, 5) is 12.2. The summed E-state index contributed by atoms with van der Waals surface area (Å²) in [6.45, 7) is 2.36. The number of aromatic nitrogens is 1. The molecule has 0 aliphatic rings. The molecule has 0 saturated carbocycles. The van der Waals surface area contributed by atoms with Gasteiger partial charge in [-0.05, 0) is 17.2 Å². The zero-order valence-electron chi connectivity index (χ0n) is 13.2. The number of halogens is 1. The summed E-state index contributed by atoms with van der Waals surface area (Å²) < 4.78 is 5.19. The molecule has 4 nitrogen and oxygen atoms in total. The molecule has 0 radical (unpaired) electrons. The Morgan fingerprint density at radius 1 is 1.17 bits per heavy atom. The van der Waals surface area contributed by atoms with Gasteiger partial charge in [0.1, 0.15) is 0 Å². The second-order valence-electron chi connectivity index (χ2n) is 5.52. The Labute approximate surface area is 145 Å². The predicted octanol–water partition coefficient (Wildman–Crippen LogP) is 4.41. The minimum Gasteiger partial charge on any atom is -0.351 e. The number of hydrogen-bond acceptors (Lipinski definition) is 3. The fraction of sp³-hybridized carbons (Fsp3) is 0.158. The fourth-order valence-corrected chi connectivity index (χ4v) is 2.62. The number of rotatable bonds is 5. The lowest BCUT2D eigenvalue weighted by atomic mass is 9.98. The molecule has 1 aromatic heterocycles. The first kappa shape index (κ1) is 16.3. The molecule has 0 aliphatic heterocycles. The Bertz CT molecular complexity index is 830. The van der Waals surface area contributed by atoms with E-state index in [1.54, 1.807) is 12.1 Å². The lowest BCUT2D eigenvalue weighted by molar-refractivity contribution is 0.0914. The van der Waals surface area contributed by atoms with Crippen molar-refractivity contribution in [3.8, 4) is 0 Å². The fourth-order valence-electron chi connectivity index (χ4n) is 2.42. The van der Waals surface area contributed by atoms with Crippen LogP contribution in [-0.2, 0) is 6.54 Å². The molecule has 24 heavy (non-hydrogen) atoms. The van der Waals surface area contributed by atoms with E-state index < -0.39 is 0 Å². The van der Waals surface area contributed by atoms with Gasteiger partial charge < -0.3 is 9.84 Å². The van der Waals surface area contributed by atoms with E-state index in [2.05, 4.69) is 10.5 Å². The van der Waals surface area contributed by atoms with Crippen LogP contribution in [0.3, 0.4) is 0 Å². The Balaban J connectivity index is 1.67. The van der Waals surface area contributed by atoms with E-state index in [-0.39, 0.29) is 17.6 Å². The number of carbonyl (C=O) groups is 1. The Morgan fingerprint density at radius 2 is 1.88 bits per heavy atom. The van der Waals surface area contributed by atoms with Gasteiger partial charge in [-0.25, -0.2) is 0 Å². The topological polar surface area (TPSA) is 55.1 Å². The number of hydrogen-bond donors (Lipinski definition) is 1. The van der Waals surface area contributed by atoms with Crippen LogP contribution in [0.2, 0.25) is 5.02 Å². The van der Waals surface area contributed by atoms with Crippen LogP contribution in [0.4, 0.5) is 0 Å². The van der Waals surface area contributed by atoms with Gasteiger partial charge in [-0.2, -0.15) is 0 Å². The molecule has 122 valence electrons. The highest BCUT2D eigenvalue weighted by Gasteiger charge is 2.17. The van der Waals surface area contributed by atoms with Gasteiger partial charge in [-0.3, -0.25) is 4.79 Å². The van der Waals surface area contributed by atoms with Gasteiger partial charge in [0.05, 0.1) is 5.69 Å². The van der Waals surface area contributed by atoms with Crippen molar-refractivity contribution < 1.29 is 9.32 Å². The summed E-state index contributed by atoms with van der Waals surface area (Å²) in [7, 11) is 0. The molecule has 3 aromatic rings. The van der Waals surface area contributed by atoms with Crippen LogP contribution >= 0.6 is 11.6 Å². The maximum Gasteiger partial charge on any atom is 0.290 e. The average molecular weight is 341 g/mol. The SMILES string of the molecule is CC(c1ccccc1)c1cc(C(=O)NCc2ccccc2Cl)on1. The maximum atomic E-state index is 12.2. The number of carbonyl (C=O) groups excluding carboxylic acids is 1. The van der Waals surface area contributed by atoms with Crippen molar-refractivity contribution in [1.29, 1.82) is 0 Å². The first-order valence-electron chi connectivity index (χ1n) is 7.68. The summed E-state index contributed by atoms with van der Waals surface area (Å²) in [6, 6.07) is 19.0. The van der Waals surface area contributed by atoms with Crippen LogP contribution in [0.1, 0.15) is 40.2 Å². The van der Waals surface area contributed by atoms with E-state index in [0.717, 1.165) is 16.8 Å². The van der Waals surface area contributed by atoms with Crippen LogP contribution in [0.25, 0.3) is 0 Å². The predicted molar refractivity (Wildman–Crippen MR) is 93.1 cm³/mol. The maximum absolute atomic E-state index is 12.2. The first-order valence-corrected chi connectivity index (χ1v) is 8.06. The van der Waals surface area contributed by atoms with Crippen molar-refractivity contribution >= 4 is 17.5 Å². The molecular weight excluding hydrogens is 324 g/mol. The average Bonchev–Trinajstić information content (AvgIpc) is 3.11. The number of nitrogens with one attached hydrogen (secondary N) is 1. The Morgan fingerprint density at radius 3 is 2.62 bits per heavy atom. The molecule has 1 heterocycles. The largest absolute Gasteiger partial charge is 0.351 e. The molecule has 5 heteroatoms. The smallest absolute Gasteiger partial charge is 0.290 e. The molecule has 0 bridgehead atoms. The molecule has 0 aliphatic carbocycles.